The van der Waals surface area contributed by atoms with E-state index in [0.717, 1.165) is 28.6 Å². The monoisotopic (exact) mass is 268 g/mol. The van der Waals surface area contributed by atoms with Crippen LogP contribution in [0.4, 0.5) is 0 Å². The van der Waals surface area contributed by atoms with Gasteiger partial charge in [-0.1, -0.05) is 13.0 Å². The highest BCUT2D eigenvalue weighted by molar-refractivity contribution is 5.76. The predicted molar refractivity (Wildman–Crippen MR) is 77.2 cm³/mol. The Balaban J connectivity index is 1.95. The zero-order chi connectivity index (χ0) is 13.9. The number of hydrogen-bond acceptors (Lipinski definition) is 4. The van der Waals surface area contributed by atoms with E-state index in [0.29, 0.717) is 12.3 Å². The summed E-state index contributed by atoms with van der Waals surface area (Å²) in [5, 5.41) is 9.71. The first kappa shape index (κ1) is 12.8. The molecule has 1 atom stereocenters. The second-order valence-corrected chi connectivity index (χ2v) is 4.83. The van der Waals surface area contributed by atoms with E-state index in [2.05, 4.69) is 9.97 Å². The van der Waals surface area contributed by atoms with Gasteiger partial charge in [-0.3, -0.25) is 4.98 Å². The van der Waals surface area contributed by atoms with Gasteiger partial charge in [0.05, 0.1) is 11.7 Å². The molecule has 0 saturated heterocycles. The maximum atomic E-state index is 9.71. The van der Waals surface area contributed by atoms with Crippen molar-refractivity contribution >= 4 is 11.1 Å². The Bertz CT molecular complexity index is 707. The molecule has 0 aliphatic carbocycles. The Morgan fingerprint density at radius 2 is 2.20 bits per heavy atom. The lowest BCUT2D eigenvalue weighted by Crippen LogP contribution is -2.08. The quantitative estimate of drug-likeness (QED) is 0.789. The van der Waals surface area contributed by atoms with Crippen LogP contribution in [0.2, 0.25) is 0 Å². The summed E-state index contributed by atoms with van der Waals surface area (Å²) >= 11 is 0. The number of rotatable bonds is 4. The van der Waals surface area contributed by atoms with E-state index in [9.17, 15) is 5.11 Å². The van der Waals surface area contributed by atoms with Gasteiger partial charge in [0.2, 0.25) is 5.89 Å². The maximum Gasteiger partial charge on any atom is 0.228 e. The van der Waals surface area contributed by atoms with E-state index < -0.39 is 0 Å². The molecule has 4 nitrogen and oxygen atoms in total. The lowest BCUT2D eigenvalue weighted by atomic mass is 10.1. The molecule has 3 rings (SSSR count). The summed E-state index contributed by atoms with van der Waals surface area (Å²) in [4.78, 5) is 8.55. The average Bonchev–Trinajstić information content (AvgIpc) is 2.91. The van der Waals surface area contributed by atoms with Gasteiger partial charge >= 0.3 is 0 Å². The smallest absolute Gasteiger partial charge is 0.228 e. The van der Waals surface area contributed by atoms with Gasteiger partial charge in [0.25, 0.3) is 0 Å². The van der Waals surface area contributed by atoms with Gasteiger partial charge in [-0.05, 0) is 42.7 Å². The number of oxazole rings is 1. The molecule has 0 unspecified atom stereocenters. The molecule has 3 aromatic rings. The first-order valence-corrected chi connectivity index (χ1v) is 6.74. The summed E-state index contributed by atoms with van der Waals surface area (Å²) in [6, 6.07) is 9.61. The summed E-state index contributed by atoms with van der Waals surface area (Å²) in [6.07, 6.45) is 4.53. The molecule has 2 aromatic heterocycles. The Labute approximate surface area is 117 Å². The molecule has 0 spiro atoms. The number of aromatic nitrogens is 2. The number of fused-ring (bicyclic) bond motifs is 1. The third kappa shape index (κ3) is 2.56. The Hall–Kier alpha value is -2.20. The number of benzene rings is 1. The first-order valence-electron chi connectivity index (χ1n) is 6.74. The van der Waals surface area contributed by atoms with Crippen molar-refractivity contribution in [2.24, 2.45) is 0 Å². The van der Waals surface area contributed by atoms with Gasteiger partial charge in [0.1, 0.15) is 5.52 Å². The lowest BCUT2D eigenvalue weighted by Gasteiger charge is -2.06. The van der Waals surface area contributed by atoms with Crippen molar-refractivity contribution in [2.45, 2.75) is 25.9 Å². The minimum absolute atomic E-state index is 0.308. The Morgan fingerprint density at radius 3 is 2.95 bits per heavy atom. The van der Waals surface area contributed by atoms with Crippen LogP contribution in [-0.4, -0.2) is 21.2 Å². The average molecular weight is 268 g/mol. The van der Waals surface area contributed by atoms with Crippen molar-refractivity contribution in [1.82, 2.24) is 9.97 Å². The van der Waals surface area contributed by atoms with Gasteiger partial charge < -0.3 is 9.52 Å². The molecule has 1 N–H and O–H groups in total. The second kappa shape index (κ2) is 5.43. The van der Waals surface area contributed by atoms with Crippen LogP contribution >= 0.6 is 0 Å². The van der Waals surface area contributed by atoms with Crippen molar-refractivity contribution in [2.75, 3.05) is 0 Å². The largest absolute Gasteiger partial charge is 0.436 e. The van der Waals surface area contributed by atoms with Crippen LogP contribution in [0.25, 0.3) is 22.6 Å². The minimum atomic E-state index is -0.308. The molecule has 0 amide bonds. The second-order valence-electron chi connectivity index (χ2n) is 4.83. The molecule has 20 heavy (non-hydrogen) atoms. The SMILES string of the molecule is CC[C@H](O)Cc1ccc2oc(-c3cccnc3)nc2c1. The molecule has 0 radical (unpaired) electrons. The highest BCUT2D eigenvalue weighted by atomic mass is 16.3. The number of hydrogen-bond donors (Lipinski definition) is 1. The standard InChI is InChI=1S/C16H16N2O2/c1-2-13(19)8-11-5-6-15-14(9-11)18-16(20-15)12-4-3-7-17-10-12/h3-7,9-10,13,19H,2,8H2,1H3/t13-/m0/s1. The van der Waals surface area contributed by atoms with Crippen molar-refractivity contribution in [3.8, 4) is 11.5 Å². The molecule has 0 bridgehead atoms. The van der Waals surface area contributed by atoms with Crippen molar-refractivity contribution in [3.63, 3.8) is 0 Å². The molecule has 0 saturated carbocycles. The summed E-state index contributed by atoms with van der Waals surface area (Å²) in [5.74, 6) is 0.571. The van der Waals surface area contributed by atoms with Crippen LogP contribution in [0.15, 0.2) is 47.1 Å². The van der Waals surface area contributed by atoms with Gasteiger partial charge in [0, 0.05) is 12.4 Å². The van der Waals surface area contributed by atoms with Gasteiger partial charge in [-0.25, -0.2) is 4.98 Å². The topological polar surface area (TPSA) is 59.2 Å². The van der Waals surface area contributed by atoms with E-state index in [-0.39, 0.29) is 6.10 Å². The van der Waals surface area contributed by atoms with E-state index >= 15 is 0 Å². The molecule has 0 aliphatic heterocycles. The van der Waals surface area contributed by atoms with Crippen molar-refractivity contribution in [3.05, 3.63) is 48.3 Å². The fourth-order valence-electron chi connectivity index (χ4n) is 2.13. The fraction of sp³-hybridized carbons (Fsp3) is 0.250. The van der Waals surface area contributed by atoms with Crippen LogP contribution in [0.1, 0.15) is 18.9 Å². The molecule has 0 aliphatic rings. The number of aliphatic hydroxyl groups excluding tert-OH is 1. The summed E-state index contributed by atoms with van der Waals surface area (Å²) in [5.41, 5.74) is 3.49. The van der Waals surface area contributed by atoms with Crippen LogP contribution in [-0.2, 0) is 6.42 Å². The van der Waals surface area contributed by atoms with Crippen molar-refractivity contribution < 1.29 is 9.52 Å². The highest BCUT2D eigenvalue weighted by Crippen LogP contribution is 2.24. The normalized spacial score (nSPS) is 12.7. The Morgan fingerprint density at radius 1 is 1.30 bits per heavy atom. The van der Waals surface area contributed by atoms with E-state index in [1.165, 1.54) is 0 Å². The predicted octanol–water partition coefficient (Wildman–Crippen LogP) is 3.20. The van der Waals surface area contributed by atoms with E-state index in [1.54, 1.807) is 12.4 Å². The van der Waals surface area contributed by atoms with Gasteiger partial charge in [0.15, 0.2) is 5.58 Å². The fourth-order valence-corrected chi connectivity index (χ4v) is 2.13. The van der Waals surface area contributed by atoms with Gasteiger partial charge in [-0.15, -0.1) is 0 Å². The van der Waals surface area contributed by atoms with Crippen molar-refractivity contribution in [1.29, 1.82) is 0 Å². The van der Waals surface area contributed by atoms with Crippen LogP contribution < -0.4 is 0 Å². The molecule has 0 fully saturated rings. The highest BCUT2D eigenvalue weighted by Gasteiger charge is 2.10. The Kier molecular flexibility index (Phi) is 3.48. The van der Waals surface area contributed by atoms with Crippen LogP contribution in [0.3, 0.4) is 0 Å². The third-order valence-corrected chi connectivity index (χ3v) is 3.30. The summed E-state index contributed by atoms with van der Waals surface area (Å²) in [7, 11) is 0. The number of nitrogens with zero attached hydrogens (tertiary/aromatic N) is 2. The first-order chi connectivity index (χ1) is 9.76. The van der Waals surface area contributed by atoms with Crippen LogP contribution in [0.5, 0.6) is 0 Å². The molecular formula is C16H16N2O2. The van der Waals surface area contributed by atoms with Gasteiger partial charge in [-0.2, -0.15) is 0 Å². The lowest BCUT2D eigenvalue weighted by molar-refractivity contribution is 0.171. The zero-order valence-corrected chi connectivity index (χ0v) is 11.3. The third-order valence-electron chi connectivity index (χ3n) is 3.30. The molecule has 1 aromatic carbocycles. The molecule has 102 valence electrons. The van der Waals surface area contributed by atoms with Crippen LogP contribution in [0, 0.1) is 0 Å². The zero-order valence-electron chi connectivity index (χ0n) is 11.3. The maximum absolute atomic E-state index is 9.71. The molecule has 2 heterocycles. The summed E-state index contributed by atoms with van der Waals surface area (Å²) in [6.45, 7) is 1.97. The summed E-state index contributed by atoms with van der Waals surface area (Å²) < 4.78 is 5.73. The van der Waals surface area contributed by atoms with E-state index in [4.69, 9.17) is 4.42 Å². The molecule has 4 heteroatoms. The minimum Gasteiger partial charge on any atom is -0.436 e. The molecular weight excluding hydrogens is 252 g/mol. The van der Waals surface area contributed by atoms with E-state index in [1.807, 2.05) is 37.3 Å². The number of pyridine rings is 1. The number of aliphatic hydroxyl groups is 1.